The lowest BCUT2D eigenvalue weighted by atomic mass is 10.2. The van der Waals surface area contributed by atoms with Gasteiger partial charge in [0, 0.05) is 0 Å². The second kappa shape index (κ2) is 3.71. The largest absolute Gasteiger partial charge is 0.478 e. The summed E-state index contributed by atoms with van der Waals surface area (Å²) in [6.07, 6.45) is 0. The third kappa shape index (κ3) is 1.56. The van der Waals surface area contributed by atoms with Crippen molar-refractivity contribution in [3.05, 3.63) is 32.4 Å². The van der Waals surface area contributed by atoms with E-state index in [0.717, 1.165) is 22.6 Å². The molecule has 0 saturated heterocycles. The van der Waals surface area contributed by atoms with Crippen molar-refractivity contribution < 1.29 is 27.5 Å². The molecule has 0 aliphatic heterocycles. The number of carbonyl (C=O) groups is 1. The van der Waals surface area contributed by atoms with Gasteiger partial charge in [-0.3, -0.25) is 0 Å². The van der Waals surface area contributed by atoms with Crippen molar-refractivity contribution in [3.63, 3.8) is 0 Å². The van der Waals surface area contributed by atoms with Crippen LogP contribution in [0.15, 0.2) is 0 Å². The summed E-state index contributed by atoms with van der Waals surface area (Å²) >= 11 is 1.09. The quantitative estimate of drug-likeness (QED) is 0.374. The van der Waals surface area contributed by atoms with E-state index in [0.29, 0.717) is 0 Å². The number of hydrogen-bond acceptors (Lipinski definition) is 1. The van der Waals surface area contributed by atoms with Crippen LogP contribution in [0, 0.1) is 26.8 Å². The van der Waals surface area contributed by atoms with Gasteiger partial charge in [0.15, 0.2) is 23.3 Å². The summed E-state index contributed by atoms with van der Waals surface area (Å²) < 4.78 is 49.8. The van der Waals surface area contributed by atoms with E-state index in [1.807, 2.05) is 0 Å². The van der Waals surface area contributed by atoms with E-state index >= 15 is 0 Å². The van der Waals surface area contributed by atoms with Crippen LogP contribution in [0.3, 0.4) is 0 Å². The van der Waals surface area contributed by atoms with Gasteiger partial charge in [-0.2, -0.15) is 0 Å². The van der Waals surface area contributed by atoms with Crippen LogP contribution >= 0.6 is 22.6 Å². The molecule has 0 aliphatic carbocycles. The van der Waals surface area contributed by atoms with Gasteiger partial charge in [0.05, 0.1) is 3.57 Å². The standard InChI is InChI=1S/C7HF4IO2/c8-2-1(7(13)14)6(12)5(11)4(10)3(2)9/h(H,13,14). The zero-order valence-electron chi connectivity index (χ0n) is 6.25. The number of carboxylic acids is 1. The van der Waals surface area contributed by atoms with Crippen molar-refractivity contribution in [2.75, 3.05) is 0 Å². The molecule has 0 heterocycles. The number of halogens is 5. The summed E-state index contributed by atoms with van der Waals surface area (Å²) in [6.45, 7) is 0. The normalized spacial score (nSPS) is 10.4. The molecule has 1 aromatic rings. The third-order valence-electron chi connectivity index (χ3n) is 1.42. The van der Waals surface area contributed by atoms with Crippen LogP contribution in [0.2, 0.25) is 0 Å². The SMILES string of the molecule is O=C(O)c1c(F)c(F)c(F)c(F)c1I. The number of carboxylic acid groups (broad SMARTS) is 1. The number of rotatable bonds is 1. The van der Waals surface area contributed by atoms with Crippen molar-refractivity contribution in [2.24, 2.45) is 0 Å². The van der Waals surface area contributed by atoms with Gasteiger partial charge >= 0.3 is 5.97 Å². The maximum atomic E-state index is 12.8. The molecular formula is C7HF4IO2. The zero-order valence-corrected chi connectivity index (χ0v) is 8.40. The Morgan fingerprint density at radius 3 is 1.86 bits per heavy atom. The van der Waals surface area contributed by atoms with Crippen molar-refractivity contribution in [1.82, 2.24) is 0 Å². The Kier molecular flexibility index (Phi) is 2.98. The van der Waals surface area contributed by atoms with Crippen molar-refractivity contribution in [2.45, 2.75) is 0 Å². The Morgan fingerprint density at radius 1 is 1.00 bits per heavy atom. The molecular weight excluding hydrogens is 319 g/mol. The van der Waals surface area contributed by atoms with Crippen molar-refractivity contribution in [3.8, 4) is 0 Å². The van der Waals surface area contributed by atoms with Crippen LogP contribution in [0.25, 0.3) is 0 Å². The third-order valence-corrected chi connectivity index (χ3v) is 2.44. The van der Waals surface area contributed by atoms with E-state index in [1.165, 1.54) is 0 Å². The summed E-state index contributed by atoms with van der Waals surface area (Å²) in [5.41, 5.74) is -1.21. The molecule has 0 spiro atoms. The second-order valence-corrected chi connectivity index (χ2v) is 3.33. The molecule has 1 rings (SSSR count). The molecule has 0 fully saturated rings. The van der Waals surface area contributed by atoms with Crippen molar-refractivity contribution in [1.29, 1.82) is 0 Å². The first-order valence-electron chi connectivity index (χ1n) is 3.12. The van der Waals surface area contributed by atoms with Gasteiger partial charge in [-0.1, -0.05) is 0 Å². The van der Waals surface area contributed by atoms with Gasteiger partial charge < -0.3 is 5.11 Å². The van der Waals surface area contributed by atoms with Gasteiger partial charge in [0.2, 0.25) is 0 Å². The van der Waals surface area contributed by atoms with Crippen LogP contribution in [0.4, 0.5) is 17.6 Å². The zero-order chi connectivity index (χ0) is 11.0. The molecule has 0 unspecified atom stereocenters. The van der Waals surface area contributed by atoms with Gasteiger partial charge in [0.25, 0.3) is 0 Å². The Bertz CT molecular complexity index is 390. The molecule has 0 aromatic heterocycles. The van der Waals surface area contributed by atoms with Crippen LogP contribution in [-0.4, -0.2) is 11.1 Å². The molecule has 1 N–H and O–H groups in total. The lowest BCUT2D eigenvalue weighted by molar-refractivity contribution is 0.0688. The molecule has 76 valence electrons. The topological polar surface area (TPSA) is 37.3 Å². The van der Waals surface area contributed by atoms with Crippen LogP contribution in [0.1, 0.15) is 10.4 Å². The molecule has 2 nitrogen and oxygen atoms in total. The average Bonchev–Trinajstić information content (AvgIpc) is 2.11. The predicted molar refractivity (Wildman–Crippen MR) is 46.0 cm³/mol. The van der Waals surface area contributed by atoms with E-state index in [4.69, 9.17) is 5.11 Å². The second-order valence-electron chi connectivity index (χ2n) is 2.25. The smallest absolute Gasteiger partial charge is 0.340 e. The minimum Gasteiger partial charge on any atom is -0.478 e. The lowest BCUT2D eigenvalue weighted by Gasteiger charge is -2.04. The van der Waals surface area contributed by atoms with Crippen molar-refractivity contribution >= 4 is 28.6 Å². The molecule has 0 amide bonds. The molecule has 0 radical (unpaired) electrons. The van der Waals surface area contributed by atoms with Crippen LogP contribution in [0.5, 0.6) is 0 Å². The Balaban J connectivity index is 3.68. The van der Waals surface area contributed by atoms with Gasteiger partial charge in [-0.05, 0) is 22.6 Å². The van der Waals surface area contributed by atoms with Crippen LogP contribution in [-0.2, 0) is 0 Å². The number of hydrogen-bond donors (Lipinski definition) is 1. The van der Waals surface area contributed by atoms with Gasteiger partial charge in [-0.15, -0.1) is 0 Å². The fraction of sp³-hybridized carbons (Fsp3) is 0. The highest BCUT2D eigenvalue weighted by molar-refractivity contribution is 14.1. The fourth-order valence-corrected chi connectivity index (χ4v) is 1.50. The highest BCUT2D eigenvalue weighted by Gasteiger charge is 2.27. The minimum absolute atomic E-state index is 0.800. The first-order chi connectivity index (χ1) is 6.37. The lowest BCUT2D eigenvalue weighted by Crippen LogP contribution is -2.11. The Labute approximate surface area is 88.7 Å². The summed E-state index contributed by atoms with van der Waals surface area (Å²) in [6, 6.07) is 0. The summed E-state index contributed by atoms with van der Waals surface area (Å²) in [7, 11) is 0. The molecule has 0 saturated carbocycles. The van der Waals surface area contributed by atoms with Gasteiger partial charge in [0.1, 0.15) is 5.56 Å². The first kappa shape index (κ1) is 11.2. The number of aromatic carboxylic acids is 1. The maximum Gasteiger partial charge on any atom is 0.340 e. The van der Waals surface area contributed by atoms with E-state index in [-0.39, 0.29) is 0 Å². The Morgan fingerprint density at radius 2 is 1.43 bits per heavy atom. The van der Waals surface area contributed by atoms with E-state index in [2.05, 4.69) is 0 Å². The van der Waals surface area contributed by atoms with E-state index < -0.39 is 38.4 Å². The summed E-state index contributed by atoms with van der Waals surface area (Å²) in [5, 5.41) is 8.39. The molecule has 0 atom stereocenters. The monoisotopic (exact) mass is 320 g/mol. The van der Waals surface area contributed by atoms with Crippen LogP contribution < -0.4 is 0 Å². The highest BCUT2D eigenvalue weighted by atomic mass is 127. The molecule has 0 aliphatic rings. The summed E-state index contributed by atoms with van der Waals surface area (Å²) in [5.74, 6) is -9.61. The van der Waals surface area contributed by atoms with E-state index in [9.17, 15) is 22.4 Å². The molecule has 0 bridgehead atoms. The Hall–Kier alpha value is -0.860. The number of benzene rings is 1. The molecule has 7 heteroatoms. The van der Waals surface area contributed by atoms with Gasteiger partial charge in [-0.25, -0.2) is 22.4 Å². The van der Waals surface area contributed by atoms with E-state index in [1.54, 1.807) is 0 Å². The maximum absolute atomic E-state index is 12.8. The average molecular weight is 320 g/mol. The first-order valence-corrected chi connectivity index (χ1v) is 4.20. The predicted octanol–water partition coefficient (Wildman–Crippen LogP) is 2.55. The highest BCUT2D eigenvalue weighted by Crippen LogP contribution is 2.25. The fourth-order valence-electron chi connectivity index (χ4n) is 0.793. The minimum atomic E-state index is -2.12. The molecule has 14 heavy (non-hydrogen) atoms. The molecule has 1 aromatic carbocycles. The summed E-state index contributed by atoms with van der Waals surface area (Å²) in [4.78, 5) is 10.4.